The van der Waals surface area contributed by atoms with Crippen LogP contribution in [0.15, 0.2) is 54.9 Å². The number of halogens is 1. The van der Waals surface area contributed by atoms with Crippen molar-refractivity contribution in [1.82, 2.24) is 14.8 Å². The molecule has 0 bridgehead atoms. The summed E-state index contributed by atoms with van der Waals surface area (Å²) in [5, 5.41) is 13.6. The van der Waals surface area contributed by atoms with E-state index in [1.807, 2.05) is 24.3 Å². The number of pyridine rings is 1. The maximum atomic E-state index is 13.2. The molecule has 2 amide bonds. The van der Waals surface area contributed by atoms with Crippen LogP contribution in [-0.4, -0.2) is 77.1 Å². The maximum Gasteiger partial charge on any atom is 0.265 e. The molecule has 8 nitrogen and oxygen atoms in total. The van der Waals surface area contributed by atoms with Gasteiger partial charge in [0.15, 0.2) is 0 Å². The monoisotopic (exact) mass is 511 g/mol. The van der Waals surface area contributed by atoms with Gasteiger partial charge in [-0.15, -0.1) is 11.3 Å². The predicted molar refractivity (Wildman–Crippen MR) is 137 cm³/mol. The van der Waals surface area contributed by atoms with Gasteiger partial charge in [-0.2, -0.15) is 0 Å². The standard InChI is InChI=1S/C25H26ClN5O3S/c26-22-5-4-21(35-22)24(33)28-20-3-1-2-17-14-31(25(34)23(17)20)16-19(32)15-29-10-12-30(13-11-29)18-6-8-27-9-7-18/h1-9,19,32H,10-16H2,(H,28,33). The summed E-state index contributed by atoms with van der Waals surface area (Å²) in [6.45, 7) is 4.61. The lowest BCUT2D eigenvalue weighted by atomic mass is 10.1. The molecule has 182 valence electrons. The van der Waals surface area contributed by atoms with Crippen LogP contribution in [-0.2, 0) is 6.54 Å². The van der Waals surface area contributed by atoms with E-state index in [9.17, 15) is 14.7 Å². The minimum atomic E-state index is -0.660. The molecule has 1 saturated heterocycles. The zero-order chi connectivity index (χ0) is 24.4. The van der Waals surface area contributed by atoms with E-state index in [0.29, 0.717) is 33.6 Å². The molecule has 2 aliphatic rings. The molecule has 0 radical (unpaired) electrons. The zero-order valence-corrected chi connectivity index (χ0v) is 20.6. The molecule has 35 heavy (non-hydrogen) atoms. The highest BCUT2D eigenvalue weighted by atomic mass is 35.5. The van der Waals surface area contributed by atoms with E-state index in [2.05, 4.69) is 20.1 Å². The first-order chi connectivity index (χ1) is 17.0. The smallest absolute Gasteiger partial charge is 0.265 e. The lowest BCUT2D eigenvalue weighted by Gasteiger charge is -2.37. The number of nitrogens with zero attached hydrogens (tertiary/aromatic N) is 4. The van der Waals surface area contributed by atoms with Crippen molar-refractivity contribution in [2.45, 2.75) is 12.6 Å². The van der Waals surface area contributed by atoms with Gasteiger partial charge in [0.25, 0.3) is 11.8 Å². The molecule has 1 atom stereocenters. The Bertz CT molecular complexity index is 1210. The van der Waals surface area contributed by atoms with Gasteiger partial charge in [-0.05, 0) is 35.9 Å². The quantitative estimate of drug-likeness (QED) is 0.506. The molecule has 1 aromatic carbocycles. The Morgan fingerprint density at radius 2 is 1.86 bits per heavy atom. The van der Waals surface area contributed by atoms with Crippen LogP contribution in [0.2, 0.25) is 4.34 Å². The number of carbonyl (C=O) groups excluding carboxylic acids is 2. The number of benzene rings is 1. The molecule has 3 aromatic rings. The number of rotatable bonds is 7. The Balaban J connectivity index is 1.16. The second-order valence-corrected chi connectivity index (χ2v) is 10.4. The van der Waals surface area contributed by atoms with Crippen LogP contribution in [0.3, 0.4) is 0 Å². The molecular weight excluding hydrogens is 486 g/mol. The SMILES string of the molecule is O=C(Nc1cccc2c1C(=O)N(CC(O)CN1CCN(c3ccncc3)CC1)C2)c1ccc(Cl)s1. The Kier molecular flexibility index (Phi) is 7.01. The normalized spacial score (nSPS) is 16.9. The van der Waals surface area contributed by atoms with Gasteiger partial charge in [-0.25, -0.2) is 0 Å². The third kappa shape index (κ3) is 5.33. The lowest BCUT2D eigenvalue weighted by Crippen LogP contribution is -2.50. The van der Waals surface area contributed by atoms with Crippen LogP contribution in [0.4, 0.5) is 11.4 Å². The van der Waals surface area contributed by atoms with Crippen LogP contribution in [0, 0.1) is 0 Å². The van der Waals surface area contributed by atoms with Crippen molar-refractivity contribution in [3.05, 3.63) is 75.2 Å². The first kappa shape index (κ1) is 23.7. The Hall–Kier alpha value is -2.98. The highest BCUT2D eigenvalue weighted by molar-refractivity contribution is 7.18. The zero-order valence-electron chi connectivity index (χ0n) is 19.1. The minimum absolute atomic E-state index is 0.179. The second-order valence-electron chi connectivity index (χ2n) is 8.73. The number of hydrogen-bond acceptors (Lipinski definition) is 7. The highest BCUT2D eigenvalue weighted by Gasteiger charge is 2.32. The highest BCUT2D eigenvalue weighted by Crippen LogP contribution is 2.31. The summed E-state index contributed by atoms with van der Waals surface area (Å²) < 4.78 is 0.531. The molecule has 2 N–H and O–H groups in total. The van der Waals surface area contributed by atoms with Crippen molar-refractivity contribution in [1.29, 1.82) is 0 Å². The topological polar surface area (TPSA) is 89.0 Å². The molecule has 1 unspecified atom stereocenters. The molecule has 10 heteroatoms. The fourth-order valence-electron chi connectivity index (χ4n) is 4.65. The molecule has 5 rings (SSSR count). The number of aliphatic hydroxyl groups is 1. The third-order valence-corrected chi connectivity index (χ3v) is 7.59. The van der Waals surface area contributed by atoms with Gasteiger partial charge >= 0.3 is 0 Å². The van der Waals surface area contributed by atoms with Crippen LogP contribution in [0.5, 0.6) is 0 Å². The van der Waals surface area contributed by atoms with Crippen LogP contribution in [0.25, 0.3) is 0 Å². The fourth-order valence-corrected chi connectivity index (χ4v) is 5.58. The van der Waals surface area contributed by atoms with Gasteiger partial charge in [0.1, 0.15) is 0 Å². The Morgan fingerprint density at radius 3 is 2.57 bits per heavy atom. The fraction of sp³-hybridized carbons (Fsp3) is 0.320. The number of aromatic nitrogens is 1. The van der Waals surface area contributed by atoms with E-state index >= 15 is 0 Å². The summed E-state index contributed by atoms with van der Waals surface area (Å²) in [5.41, 5.74) is 2.97. The number of thiophene rings is 1. The van der Waals surface area contributed by atoms with E-state index < -0.39 is 6.10 Å². The van der Waals surface area contributed by atoms with E-state index in [-0.39, 0.29) is 18.4 Å². The van der Waals surface area contributed by atoms with Gasteiger partial charge in [0.05, 0.1) is 26.6 Å². The number of hydrogen-bond donors (Lipinski definition) is 2. The summed E-state index contributed by atoms with van der Waals surface area (Å²) in [4.78, 5) is 36.5. The number of fused-ring (bicyclic) bond motifs is 1. The van der Waals surface area contributed by atoms with Crippen molar-refractivity contribution < 1.29 is 14.7 Å². The number of nitrogens with one attached hydrogen (secondary N) is 1. The largest absolute Gasteiger partial charge is 0.390 e. The van der Waals surface area contributed by atoms with E-state index in [1.54, 1.807) is 35.5 Å². The molecular formula is C25H26ClN5O3S. The number of amides is 2. The number of carbonyl (C=O) groups is 2. The molecule has 0 spiro atoms. The number of piperazine rings is 1. The van der Waals surface area contributed by atoms with E-state index in [1.165, 1.54) is 11.3 Å². The molecule has 1 fully saturated rings. The Morgan fingerprint density at radius 1 is 1.09 bits per heavy atom. The Labute approximate surface area is 212 Å². The van der Waals surface area contributed by atoms with E-state index in [4.69, 9.17) is 11.6 Å². The summed E-state index contributed by atoms with van der Waals surface area (Å²) in [5.74, 6) is -0.478. The van der Waals surface area contributed by atoms with Crippen LogP contribution >= 0.6 is 22.9 Å². The van der Waals surface area contributed by atoms with Crippen LogP contribution in [0.1, 0.15) is 25.6 Å². The van der Waals surface area contributed by atoms with Crippen molar-refractivity contribution in [3.8, 4) is 0 Å². The molecule has 0 saturated carbocycles. The summed E-state index contributed by atoms with van der Waals surface area (Å²) in [6.07, 6.45) is 2.93. The van der Waals surface area contributed by atoms with Gasteiger partial charge in [-0.3, -0.25) is 19.5 Å². The number of aliphatic hydroxyl groups excluding tert-OH is 1. The molecule has 4 heterocycles. The maximum absolute atomic E-state index is 13.2. The molecule has 0 aliphatic carbocycles. The van der Waals surface area contributed by atoms with Crippen molar-refractivity contribution >= 4 is 46.1 Å². The van der Waals surface area contributed by atoms with Crippen molar-refractivity contribution in [3.63, 3.8) is 0 Å². The average Bonchev–Trinajstić information content (AvgIpc) is 3.44. The molecule has 2 aromatic heterocycles. The number of anilines is 2. The summed E-state index contributed by atoms with van der Waals surface area (Å²) in [6, 6.07) is 12.8. The first-order valence-electron chi connectivity index (χ1n) is 11.5. The number of β-amino-alcohol motifs (C(OH)–C–C–N with tert-alkyl or cyclic N) is 1. The second kappa shape index (κ2) is 10.3. The van der Waals surface area contributed by atoms with Crippen molar-refractivity contribution in [2.75, 3.05) is 49.5 Å². The summed E-state index contributed by atoms with van der Waals surface area (Å²) >= 11 is 7.13. The van der Waals surface area contributed by atoms with Crippen LogP contribution < -0.4 is 10.2 Å². The third-order valence-electron chi connectivity index (χ3n) is 6.36. The van der Waals surface area contributed by atoms with Gasteiger partial charge in [-0.1, -0.05) is 23.7 Å². The van der Waals surface area contributed by atoms with E-state index in [0.717, 1.165) is 37.4 Å². The van der Waals surface area contributed by atoms with Gasteiger partial charge < -0.3 is 20.2 Å². The van der Waals surface area contributed by atoms with Gasteiger partial charge in [0.2, 0.25) is 0 Å². The predicted octanol–water partition coefficient (Wildman–Crippen LogP) is 3.19. The minimum Gasteiger partial charge on any atom is -0.390 e. The van der Waals surface area contributed by atoms with Gasteiger partial charge in [0, 0.05) is 63.9 Å². The summed E-state index contributed by atoms with van der Waals surface area (Å²) in [7, 11) is 0. The average molecular weight is 512 g/mol. The van der Waals surface area contributed by atoms with Crippen molar-refractivity contribution in [2.24, 2.45) is 0 Å². The molecule has 2 aliphatic heterocycles. The lowest BCUT2D eigenvalue weighted by molar-refractivity contribution is 0.0537. The first-order valence-corrected chi connectivity index (χ1v) is 12.7.